The van der Waals surface area contributed by atoms with Crippen LogP contribution < -0.4 is 16.4 Å². The van der Waals surface area contributed by atoms with E-state index in [1.807, 2.05) is 0 Å². The van der Waals surface area contributed by atoms with E-state index in [9.17, 15) is 27.6 Å². The molecule has 1 heterocycles. The van der Waals surface area contributed by atoms with E-state index in [0.29, 0.717) is 16.3 Å². The standard InChI is InChI=1S/C21H19F3N4O3/c1-12(2)28-20(31)16-6-4-3-5-15(16)18(27-28)19(30)26-25-17(29)11-13-7-9-14(10-8-13)21(22,23)24/h3-10,12H,11H2,1-2H3,(H,25,29)(H,26,30). The van der Waals surface area contributed by atoms with E-state index >= 15 is 0 Å². The van der Waals surface area contributed by atoms with Gasteiger partial charge in [-0.25, -0.2) is 4.68 Å². The lowest BCUT2D eigenvalue weighted by atomic mass is 10.1. The Labute approximate surface area is 174 Å². The van der Waals surface area contributed by atoms with Gasteiger partial charge in [0.05, 0.1) is 23.4 Å². The zero-order valence-electron chi connectivity index (χ0n) is 16.7. The van der Waals surface area contributed by atoms with Crippen LogP contribution in [0.2, 0.25) is 0 Å². The maximum absolute atomic E-state index is 12.6. The second-order valence-corrected chi connectivity index (χ2v) is 7.11. The molecule has 31 heavy (non-hydrogen) atoms. The first-order valence-corrected chi connectivity index (χ1v) is 9.35. The minimum Gasteiger partial charge on any atom is -0.273 e. The molecule has 7 nitrogen and oxygen atoms in total. The number of hydrogen-bond donors (Lipinski definition) is 2. The van der Waals surface area contributed by atoms with Crippen molar-refractivity contribution in [1.82, 2.24) is 20.6 Å². The normalized spacial score (nSPS) is 11.5. The smallest absolute Gasteiger partial charge is 0.273 e. The van der Waals surface area contributed by atoms with Crippen molar-refractivity contribution in [3.8, 4) is 0 Å². The first-order valence-electron chi connectivity index (χ1n) is 9.35. The van der Waals surface area contributed by atoms with Gasteiger partial charge in [0.2, 0.25) is 5.91 Å². The number of hydrogen-bond acceptors (Lipinski definition) is 4. The molecule has 1 aromatic heterocycles. The van der Waals surface area contributed by atoms with E-state index in [2.05, 4.69) is 16.0 Å². The van der Waals surface area contributed by atoms with Gasteiger partial charge >= 0.3 is 6.18 Å². The monoisotopic (exact) mass is 432 g/mol. The summed E-state index contributed by atoms with van der Waals surface area (Å²) in [7, 11) is 0. The second-order valence-electron chi connectivity index (χ2n) is 7.11. The minimum atomic E-state index is -4.46. The number of halogens is 3. The molecule has 2 N–H and O–H groups in total. The number of alkyl halides is 3. The zero-order valence-corrected chi connectivity index (χ0v) is 16.7. The Morgan fingerprint density at radius 3 is 2.19 bits per heavy atom. The van der Waals surface area contributed by atoms with Crippen LogP contribution in [0, 0.1) is 0 Å². The number of aromatic nitrogens is 2. The quantitative estimate of drug-likeness (QED) is 0.620. The third kappa shape index (κ3) is 4.90. The molecule has 0 aliphatic carbocycles. The third-order valence-electron chi connectivity index (χ3n) is 4.49. The molecule has 0 unspecified atom stereocenters. The fraction of sp³-hybridized carbons (Fsp3) is 0.238. The Kier molecular flexibility index (Phi) is 6.09. The van der Waals surface area contributed by atoms with Crippen molar-refractivity contribution in [2.75, 3.05) is 0 Å². The van der Waals surface area contributed by atoms with E-state index in [1.54, 1.807) is 38.1 Å². The molecule has 10 heteroatoms. The maximum Gasteiger partial charge on any atom is 0.416 e. The Morgan fingerprint density at radius 1 is 1.00 bits per heavy atom. The van der Waals surface area contributed by atoms with Gasteiger partial charge in [0, 0.05) is 5.39 Å². The SMILES string of the molecule is CC(C)n1nc(C(=O)NNC(=O)Cc2ccc(C(F)(F)F)cc2)c2ccccc2c1=O. The van der Waals surface area contributed by atoms with Crippen molar-refractivity contribution in [2.24, 2.45) is 0 Å². The van der Waals surface area contributed by atoms with Crippen LogP contribution in [-0.4, -0.2) is 21.6 Å². The summed E-state index contributed by atoms with van der Waals surface area (Å²) in [6.45, 7) is 3.49. The fourth-order valence-corrected chi connectivity index (χ4v) is 2.95. The fourth-order valence-electron chi connectivity index (χ4n) is 2.95. The van der Waals surface area contributed by atoms with Crippen molar-refractivity contribution >= 4 is 22.6 Å². The van der Waals surface area contributed by atoms with Gasteiger partial charge in [-0.1, -0.05) is 30.3 Å². The number of carbonyl (C=O) groups is 2. The molecule has 0 saturated carbocycles. The Morgan fingerprint density at radius 2 is 1.61 bits per heavy atom. The molecule has 0 aliphatic heterocycles. The molecule has 2 amide bonds. The van der Waals surface area contributed by atoms with Gasteiger partial charge < -0.3 is 0 Å². The van der Waals surface area contributed by atoms with Crippen LogP contribution in [0.25, 0.3) is 10.8 Å². The molecule has 0 radical (unpaired) electrons. The van der Waals surface area contributed by atoms with Gasteiger partial charge in [-0.15, -0.1) is 0 Å². The van der Waals surface area contributed by atoms with E-state index in [1.165, 1.54) is 16.8 Å². The number of benzene rings is 2. The second kappa shape index (κ2) is 8.58. The lowest BCUT2D eigenvalue weighted by Crippen LogP contribution is -2.43. The highest BCUT2D eigenvalue weighted by Crippen LogP contribution is 2.29. The molecule has 0 bridgehead atoms. The number of carbonyl (C=O) groups excluding carboxylic acids is 2. The number of fused-ring (bicyclic) bond motifs is 1. The van der Waals surface area contributed by atoms with Gasteiger partial charge in [0.25, 0.3) is 11.5 Å². The summed E-state index contributed by atoms with van der Waals surface area (Å²) in [6, 6.07) is 10.3. The van der Waals surface area contributed by atoms with Crippen molar-refractivity contribution < 1.29 is 22.8 Å². The van der Waals surface area contributed by atoms with Gasteiger partial charge in [-0.2, -0.15) is 18.3 Å². The predicted octanol–water partition coefficient (Wildman–Crippen LogP) is 3.00. The highest BCUT2D eigenvalue weighted by Gasteiger charge is 2.30. The molecule has 0 atom stereocenters. The number of nitrogens with zero attached hydrogens (tertiary/aromatic N) is 2. The van der Waals surface area contributed by atoms with Crippen LogP contribution in [-0.2, 0) is 17.4 Å². The van der Waals surface area contributed by atoms with Crippen molar-refractivity contribution in [2.45, 2.75) is 32.5 Å². The minimum absolute atomic E-state index is 0.0428. The third-order valence-corrected chi connectivity index (χ3v) is 4.49. The summed E-state index contributed by atoms with van der Waals surface area (Å²) < 4.78 is 39.0. The van der Waals surface area contributed by atoms with Gasteiger partial charge in [0.1, 0.15) is 0 Å². The van der Waals surface area contributed by atoms with Crippen LogP contribution in [0.5, 0.6) is 0 Å². The topological polar surface area (TPSA) is 93.1 Å². The van der Waals surface area contributed by atoms with Crippen LogP contribution in [0.3, 0.4) is 0 Å². The van der Waals surface area contributed by atoms with Gasteiger partial charge in [0.15, 0.2) is 5.69 Å². The van der Waals surface area contributed by atoms with E-state index in [0.717, 1.165) is 12.1 Å². The summed E-state index contributed by atoms with van der Waals surface area (Å²) in [5, 5.41) is 4.77. The summed E-state index contributed by atoms with van der Waals surface area (Å²) in [6.07, 6.45) is -4.70. The van der Waals surface area contributed by atoms with Gasteiger partial charge in [-0.3, -0.25) is 25.2 Å². The molecular weight excluding hydrogens is 413 g/mol. The van der Waals surface area contributed by atoms with Crippen LogP contribution in [0.15, 0.2) is 53.3 Å². The molecule has 3 aromatic rings. The highest BCUT2D eigenvalue weighted by atomic mass is 19.4. The van der Waals surface area contributed by atoms with E-state index in [-0.39, 0.29) is 23.7 Å². The molecule has 3 rings (SSSR count). The van der Waals surface area contributed by atoms with Crippen molar-refractivity contribution in [3.05, 3.63) is 75.7 Å². The molecule has 0 saturated heterocycles. The highest BCUT2D eigenvalue weighted by molar-refractivity contribution is 6.05. The van der Waals surface area contributed by atoms with Crippen LogP contribution in [0.1, 0.15) is 41.5 Å². The number of amides is 2. The average molecular weight is 432 g/mol. The zero-order chi connectivity index (χ0) is 22.8. The molecule has 0 aliphatic rings. The summed E-state index contributed by atoms with van der Waals surface area (Å²) in [5.41, 5.74) is 3.60. The Balaban J connectivity index is 1.73. The average Bonchev–Trinajstić information content (AvgIpc) is 2.72. The first kappa shape index (κ1) is 22.0. The van der Waals surface area contributed by atoms with E-state index < -0.39 is 23.6 Å². The van der Waals surface area contributed by atoms with Crippen LogP contribution >= 0.6 is 0 Å². The molecular formula is C21H19F3N4O3. The lowest BCUT2D eigenvalue weighted by Gasteiger charge is -2.14. The summed E-state index contributed by atoms with van der Waals surface area (Å²) >= 11 is 0. The van der Waals surface area contributed by atoms with Crippen molar-refractivity contribution in [3.63, 3.8) is 0 Å². The molecule has 0 fully saturated rings. The van der Waals surface area contributed by atoms with Gasteiger partial charge in [-0.05, 0) is 37.6 Å². The molecule has 2 aromatic carbocycles. The number of rotatable bonds is 4. The van der Waals surface area contributed by atoms with Crippen LogP contribution in [0.4, 0.5) is 13.2 Å². The Bertz CT molecular complexity index is 1190. The lowest BCUT2D eigenvalue weighted by molar-refractivity contribution is -0.137. The maximum atomic E-state index is 12.6. The summed E-state index contributed by atoms with van der Waals surface area (Å²) in [5.74, 6) is -1.36. The predicted molar refractivity (Wildman–Crippen MR) is 107 cm³/mol. The van der Waals surface area contributed by atoms with E-state index in [4.69, 9.17) is 0 Å². The van der Waals surface area contributed by atoms with Crippen molar-refractivity contribution in [1.29, 1.82) is 0 Å². The summed E-state index contributed by atoms with van der Waals surface area (Å²) in [4.78, 5) is 37.3. The largest absolute Gasteiger partial charge is 0.416 e. The number of hydrazine groups is 1. The molecule has 162 valence electrons. The number of nitrogens with one attached hydrogen (secondary N) is 2. The molecule has 0 spiro atoms. The first-order chi connectivity index (χ1) is 14.6. The Hall–Kier alpha value is -3.69.